The summed E-state index contributed by atoms with van der Waals surface area (Å²) in [5.41, 5.74) is 10.2. The molecule has 2 aromatic rings. The molecule has 2 aromatic carbocycles. The van der Waals surface area contributed by atoms with Gasteiger partial charge in [-0.2, -0.15) is 0 Å². The Morgan fingerprint density at radius 1 is 0.895 bits per heavy atom. The predicted octanol–water partition coefficient (Wildman–Crippen LogP) is 3.52. The van der Waals surface area contributed by atoms with E-state index in [0.29, 0.717) is 0 Å². The first-order chi connectivity index (χ1) is 9.19. The van der Waals surface area contributed by atoms with Crippen molar-refractivity contribution in [2.75, 3.05) is 20.0 Å². The highest BCUT2D eigenvalue weighted by molar-refractivity contribution is 5.70. The van der Waals surface area contributed by atoms with Crippen LogP contribution in [0.25, 0.3) is 11.1 Å². The van der Waals surface area contributed by atoms with E-state index in [1.807, 2.05) is 30.3 Å². The van der Waals surface area contributed by atoms with Crippen molar-refractivity contribution in [3.8, 4) is 22.6 Å². The van der Waals surface area contributed by atoms with Crippen molar-refractivity contribution in [1.82, 2.24) is 0 Å². The Kier molecular flexibility index (Phi) is 3.95. The van der Waals surface area contributed by atoms with Gasteiger partial charge >= 0.3 is 0 Å². The standard InChI is InChI=1S/C16H19NO2/c1-4-11-9-12(5-7-14(11)17)13-6-8-15(18-2)16(10-13)19-3/h5-10H,4,17H2,1-3H3. The van der Waals surface area contributed by atoms with Crippen LogP contribution in [0.1, 0.15) is 12.5 Å². The lowest BCUT2D eigenvalue weighted by atomic mass is 10.0. The fraction of sp³-hybridized carbons (Fsp3) is 0.250. The van der Waals surface area contributed by atoms with Gasteiger partial charge in [-0.1, -0.05) is 19.1 Å². The first-order valence-electron chi connectivity index (χ1n) is 6.30. The Balaban J connectivity index is 2.47. The average Bonchev–Trinajstić information content (AvgIpc) is 2.47. The average molecular weight is 257 g/mol. The van der Waals surface area contributed by atoms with Gasteiger partial charge in [-0.15, -0.1) is 0 Å². The van der Waals surface area contributed by atoms with Crippen LogP contribution in [0.15, 0.2) is 36.4 Å². The van der Waals surface area contributed by atoms with E-state index < -0.39 is 0 Å². The molecule has 0 spiro atoms. The Hall–Kier alpha value is -2.16. The molecule has 100 valence electrons. The van der Waals surface area contributed by atoms with Crippen molar-refractivity contribution in [2.45, 2.75) is 13.3 Å². The molecule has 2 rings (SSSR count). The molecule has 2 N–H and O–H groups in total. The van der Waals surface area contributed by atoms with E-state index in [2.05, 4.69) is 13.0 Å². The van der Waals surface area contributed by atoms with Gasteiger partial charge in [0.1, 0.15) is 0 Å². The third-order valence-corrected chi connectivity index (χ3v) is 3.24. The second-order valence-corrected chi connectivity index (χ2v) is 4.34. The van der Waals surface area contributed by atoms with E-state index in [4.69, 9.17) is 15.2 Å². The number of hydrogen-bond acceptors (Lipinski definition) is 3. The molecule has 0 saturated carbocycles. The van der Waals surface area contributed by atoms with Crippen LogP contribution >= 0.6 is 0 Å². The number of hydrogen-bond donors (Lipinski definition) is 1. The quantitative estimate of drug-likeness (QED) is 0.852. The predicted molar refractivity (Wildman–Crippen MR) is 78.8 cm³/mol. The summed E-state index contributed by atoms with van der Waals surface area (Å²) >= 11 is 0. The molecule has 0 radical (unpaired) electrons. The van der Waals surface area contributed by atoms with Crippen LogP contribution < -0.4 is 15.2 Å². The summed E-state index contributed by atoms with van der Waals surface area (Å²) in [5, 5.41) is 0. The third-order valence-electron chi connectivity index (χ3n) is 3.24. The van der Waals surface area contributed by atoms with Crippen molar-refractivity contribution >= 4 is 5.69 Å². The van der Waals surface area contributed by atoms with Crippen LogP contribution in [-0.2, 0) is 6.42 Å². The number of benzene rings is 2. The summed E-state index contributed by atoms with van der Waals surface area (Å²) in [6.07, 6.45) is 0.924. The first-order valence-corrected chi connectivity index (χ1v) is 6.30. The molecule has 3 heteroatoms. The maximum atomic E-state index is 5.94. The van der Waals surface area contributed by atoms with Crippen LogP contribution in [0.2, 0.25) is 0 Å². The van der Waals surface area contributed by atoms with Crippen molar-refractivity contribution in [3.05, 3.63) is 42.0 Å². The lowest BCUT2D eigenvalue weighted by molar-refractivity contribution is 0.355. The summed E-state index contributed by atoms with van der Waals surface area (Å²) in [6.45, 7) is 2.10. The van der Waals surface area contributed by atoms with Gasteiger partial charge < -0.3 is 15.2 Å². The number of nitrogens with two attached hydrogens (primary N) is 1. The normalized spacial score (nSPS) is 10.3. The van der Waals surface area contributed by atoms with Gasteiger partial charge in [0.05, 0.1) is 14.2 Å². The largest absolute Gasteiger partial charge is 0.493 e. The second-order valence-electron chi connectivity index (χ2n) is 4.34. The van der Waals surface area contributed by atoms with E-state index in [0.717, 1.165) is 40.3 Å². The number of methoxy groups -OCH3 is 2. The van der Waals surface area contributed by atoms with E-state index in [-0.39, 0.29) is 0 Å². The summed E-state index contributed by atoms with van der Waals surface area (Å²) in [6, 6.07) is 12.0. The molecular formula is C16H19NO2. The van der Waals surface area contributed by atoms with Gasteiger partial charge in [0.2, 0.25) is 0 Å². The topological polar surface area (TPSA) is 44.5 Å². The van der Waals surface area contributed by atoms with Gasteiger partial charge in [0.15, 0.2) is 11.5 Å². The summed E-state index contributed by atoms with van der Waals surface area (Å²) in [4.78, 5) is 0. The third kappa shape index (κ3) is 2.65. The fourth-order valence-corrected chi connectivity index (χ4v) is 2.11. The van der Waals surface area contributed by atoms with Crippen molar-refractivity contribution in [1.29, 1.82) is 0 Å². The summed E-state index contributed by atoms with van der Waals surface area (Å²) in [7, 11) is 3.28. The lowest BCUT2D eigenvalue weighted by Gasteiger charge is -2.11. The van der Waals surface area contributed by atoms with Crippen molar-refractivity contribution in [2.24, 2.45) is 0 Å². The van der Waals surface area contributed by atoms with Crippen LogP contribution in [0, 0.1) is 0 Å². The number of ether oxygens (including phenoxy) is 2. The van der Waals surface area contributed by atoms with Gasteiger partial charge in [-0.05, 0) is 47.4 Å². The highest BCUT2D eigenvalue weighted by Gasteiger charge is 2.07. The Bertz CT molecular complexity index is 579. The van der Waals surface area contributed by atoms with Gasteiger partial charge in [0, 0.05) is 5.69 Å². The summed E-state index contributed by atoms with van der Waals surface area (Å²) < 4.78 is 10.6. The zero-order valence-corrected chi connectivity index (χ0v) is 11.6. The minimum Gasteiger partial charge on any atom is -0.493 e. The van der Waals surface area contributed by atoms with Crippen LogP contribution in [0.5, 0.6) is 11.5 Å². The number of anilines is 1. The molecule has 0 unspecified atom stereocenters. The van der Waals surface area contributed by atoms with E-state index in [1.54, 1.807) is 14.2 Å². The first kappa shape index (κ1) is 13.3. The highest BCUT2D eigenvalue weighted by atomic mass is 16.5. The molecule has 19 heavy (non-hydrogen) atoms. The van der Waals surface area contributed by atoms with Gasteiger partial charge in [-0.25, -0.2) is 0 Å². The zero-order valence-electron chi connectivity index (χ0n) is 11.6. The fourth-order valence-electron chi connectivity index (χ4n) is 2.11. The molecule has 0 aliphatic heterocycles. The Labute approximate surface area is 114 Å². The molecule has 0 aliphatic rings. The SMILES string of the molecule is CCc1cc(-c2ccc(OC)c(OC)c2)ccc1N. The van der Waals surface area contributed by atoms with Crippen molar-refractivity contribution < 1.29 is 9.47 Å². The smallest absolute Gasteiger partial charge is 0.161 e. The van der Waals surface area contributed by atoms with E-state index in [9.17, 15) is 0 Å². The molecule has 0 saturated heterocycles. The monoisotopic (exact) mass is 257 g/mol. The molecule has 0 aliphatic carbocycles. The van der Waals surface area contributed by atoms with Crippen LogP contribution in [0.4, 0.5) is 5.69 Å². The molecule has 3 nitrogen and oxygen atoms in total. The van der Waals surface area contributed by atoms with Crippen molar-refractivity contribution in [3.63, 3.8) is 0 Å². The van der Waals surface area contributed by atoms with Gasteiger partial charge in [0.25, 0.3) is 0 Å². The van der Waals surface area contributed by atoms with E-state index in [1.165, 1.54) is 0 Å². The molecular weight excluding hydrogens is 238 g/mol. The Morgan fingerprint density at radius 2 is 1.53 bits per heavy atom. The summed E-state index contributed by atoms with van der Waals surface area (Å²) in [5.74, 6) is 1.47. The second kappa shape index (κ2) is 5.65. The molecule has 0 fully saturated rings. The van der Waals surface area contributed by atoms with Gasteiger partial charge in [-0.3, -0.25) is 0 Å². The minimum atomic E-state index is 0.731. The molecule has 0 heterocycles. The lowest BCUT2D eigenvalue weighted by Crippen LogP contribution is -1.94. The van der Waals surface area contributed by atoms with E-state index >= 15 is 0 Å². The number of aryl methyl sites for hydroxylation is 1. The maximum Gasteiger partial charge on any atom is 0.161 e. The molecule has 0 amide bonds. The van der Waals surface area contributed by atoms with Crippen LogP contribution in [-0.4, -0.2) is 14.2 Å². The number of nitrogen functional groups attached to an aromatic ring is 1. The maximum absolute atomic E-state index is 5.94. The Morgan fingerprint density at radius 3 is 2.16 bits per heavy atom. The zero-order chi connectivity index (χ0) is 13.8. The van der Waals surface area contributed by atoms with Crippen LogP contribution in [0.3, 0.4) is 0 Å². The molecule has 0 aromatic heterocycles. The minimum absolute atomic E-state index is 0.731. The molecule has 0 atom stereocenters. The highest BCUT2D eigenvalue weighted by Crippen LogP contribution is 2.33. The number of rotatable bonds is 4. The molecule has 0 bridgehead atoms.